The first-order valence-corrected chi connectivity index (χ1v) is 9.93. The van der Waals surface area contributed by atoms with Gasteiger partial charge < -0.3 is 60.5 Å². The van der Waals surface area contributed by atoms with Gasteiger partial charge >= 0.3 is 11.9 Å². The molecule has 0 aliphatic carbocycles. The van der Waals surface area contributed by atoms with Crippen LogP contribution in [0.15, 0.2) is 0 Å². The Labute approximate surface area is 183 Å². The van der Waals surface area contributed by atoms with Crippen LogP contribution < -0.4 is 0 Å². The van der Waals surface area contributed by atoms with Gasteiger partial charge in [0.25, 0.3) is 0 Å². The van der Waals surface area contributed by atoms with Gasteiger partial charge in [-0.15, -0.1) is 0 Å². The second-order valence-corrected chi connectivity index (χ2v) is 7.17. The summed E-state index contributed by atoms with van der Waals surface area (Å²) in [7, 11) is 0. The molecule has 0 rings (SSSR count). The Morgan fingerprint density at radius 1 is 0.531 bits per heavy atom. The minimum absolute atomic E-state index is 0.148. The summed E-state index contributed by atoms with van der Waals surface area (Å²) < 4.78 is 9.42. The standard InChI is InChI=1S/C18H34O14/c19-5-9(21)15(27)17(29)11(23)7-31-13(25)3-1-2-4-14(26)32-8-12(24)18(30)16(28)10(22)6-20/h9-12,15-24,27-30H,1-8H2/t9?,10?,11-,12-,15-,16-,17-,18-/m1/s1. The van der Waals surface area contributed by atoms with Gasteiger partial charge in [-0.25, -0.2) is 0 Å². The predicted octanol–water partition coefficient (Wildman–Crippen LogP) is -5.49. The van der Waals surface area contributed by atoms with E-state index in [0.29, 0.717) is 0 Å². The maximum Gasteiger partial charge on any atom is 0.305 e. The number of aliphatic hydroxyl groups is 10. The van der Waals surface area contributed by atoms with Gasteiger partial charge in [0.2, 0.25) is 0 Å². The van der Waals surface area contributed by atoms with Crippen molar-refractivity contribution < 1.29 is 70.1 Å². The summed E-state index contributed by atoms with van der Waals surface area (Å²) in [5.41, 5.74) is 0. The van der Waals surface area contributed by atoms with Crippen LogP contribution in [0.25, 0.3) is 0 Å². The molecule has 32 heavy (non-hydrogen) atoms. The van der Waals surface area contributed by atoms with E-state index in [1.54, 1.807) is 0 Å². The lowest BCUT2D eigenvalue weighted by atomic mass is 10.0. The lowest BCUT2D eigenvalue weighted by Gasteiger charge is -2.25. The summed E-state index contributed by atoms with van der Waals surface area (Å²) in [6.45, 7) is -3.04. The Morgan fingerprint density at radius 3 is 1.09 bits per heavy atom. The number of hydrogen-bond donors (Lipinski definition) is 10. The van der Waals surface area contributed by atoms with E-state index in [1.807, 2.05) is 0 Å². The van der Waals surface area contributed by atoms with Crippen LogP contribution in [0.1, 0.15) is 25.7 Å². The predicted molar refractivity (Wildman–Crippen MR) is 103 cm³/mol. The number of esters is 2. The first-order valence-electron chi connectivity index (χ1n) is 9.93. The highest BCUT2D eigenvalue weighted by molar-refractivity contribution is 5.70. The van der Waals surface area contributed by atoms with Crippen LogP contribution in [0.5, 0.6) is 0 Å². The molecular formula is C18H34O14. The molecule has 0 fully saturated rings. The van der Waals surface area contributed by atoms with Gasteiger partial charge in [0.05, 0.1) is 13.2 Å². The van der Waals surface area contributed by atoms with E-state index < -0.39 is 87.2 Å². The van der Waals surface area contributed by atoms with E-state index in [4.69, 9.17) is 19.7 Å². The number of rotatable bonds is 17. The zero-order chi connectivity index (χ0) is 24.8. The summed E-state index contributed by atoms with van der Waals surface area (Å²) in [5, 5.41) is 93.1. The van der Waals surface area contributed by atoms with Gasteiger partial charge in [0.15, 0.2) is 0 Å². The molecule has 10 N–H and O–H groups in total. The molecule has 14 nitrogen and oxygen atoms in total. The summed E-state index contributed by atoms with van der Waals surface area (Å²) in [4.78, 5) is 23.2. The third kappa shape index (κ3) is 11.4. The van der Waals surface area contributed by atoms with Crippen molar-refractivity contribution in [2.24, 2.45) is 0 Å². The molecule has 0 radical (unpaired) electrons. The Kier molecular flexibility index (Phi) is 15.5. The maximum absolute atomic E-state index is 11.6. The van der Waals surface area contributed by atoms with Crippen molar-refractivity contribution >= 4 is 11.9 Å². The molecule has 14 heteroatoms. The van der Waals surface area contributed by atoms with E-state index in [9.17, 15) is 50.4 Å². The topological polar surface area (TPSA) is 255 Å². The highest BCUT2D eigenvalue weighted by Gasteiger charge is 2.31. The second-order valence-electron chi connectivity index (χ2n) is 7.17. The first-order chi connectivity index (χ1) is 15.0. The van der Waals surface area contributed by atoms with Gasteiger partial charge in [-0.1, -0.05) is 0 Å². The van der Waals surface area contributed by atoms with Crippen molar-refractivity contribution in [2.75, 3.05) is 26.4 Å². The molecule has 0 saturated heterocycles. The number of carbonyl (C=O) groups excluding carboxylic acids is 2. The van der Waals surface area contributed by atoms with Gasteiger partial charge in [-0.05, 0) is 12.8 Å². The summed E-state index contributed by atoms with van der Waals surface area (Å²) in [6, 6.07) is 0. The molecule has 190 valence electrons. The van der Waals surface area contributed by atoms with E-state index in [-0.39, 0.29) is 25.7 Å². The Balaban J connectivity index is 4.05. The Morgan fingerprint density at radius 2 is 0.812 bits per heavy atom. The van der Waals surface area contributed by atoms with Gasteiger partial charge in [-0.2, -0.15) is 0 Å². The summed E-state index contributed by atoms with van der Waals surface area (Å²) in [5.74, 6) is -1.53. The third-order valence-electron chi connectivity index (χ3n) is 4.49. The number of ether oxygens (including phenoxy) is 2. The number of carbonyl (C=O) groups is 2. The van der Waals surface area contributed by atoms with E-state index in [0.717, 1.165) is 0 Å². The molecule has 0 aliphatic rings. The van der Waals surface area contributed by atoms with Crippen molar-refractivity contribution in [3.63, 3.8) is 0 Å². The molecule has 0 aromatic heterocycles. The zero-order valence-electron chi connectivity index (χ0n) is 17.4. The Bertz CT molecular complexity index is 486. The summed E-state index contributed by atoms with van der Waals surface area (Å²) in [6.07, 6.45) is -14.1. The molecule has 0 aliphatic heterocycles. The quantitative estimate of drug-likeness (QED) is 0.0697. The molecule has 0 spiro atoms. The molecule has 0 bridgehead atoms. The van der Waals surface area contributed by atoms with Crippen molar-refractivity contribution in [3.05, 3.63) is 0 Å². The average Bonchev–Trinajstić information content (AvgIpc) is 2.80. The summed E-state index contributed by atoms with van der Waals surface area (Å²) >= 11 is 0. The molecule has 0 saturated carbocycles. The minimum atomic E-state index is -1.86. The third-order valence-corrected chi connectivity index (χ3v) is 4.49. The molecule has 2 unspecified atom stereocenters. The highest BCUT2D eigenvalue weighted by atomic mass is 16.5. The van der Waals surface area contributed by atoms with Crippen molar-refractivity contribution in [3.8, 4) is 0 Å². The SMILES string of the molecule is O=C(CCCCC(=O)OC[C@@H](O)[C@@H](O)[C@H](O)C(O)CO)OC[C@@H](O)[C@@H](O)[C@H](O)C(O)CO. The first kappa shape index (κ1) is 30.5. The van der Waals surface area contributed by atoms with Crippen LogP contribution in [0.2, 0.25) is 0 Å². The van der Waals surface area contributed by atoms with Gasteiger partial charge in [0, 0.05) is 12.8 Å². The van der Waals surface area contributed by atoms with Crippen molar-refractivity contribution in [2.45, 2.75) is 74.5 Å². The highest BCUT2D eigenvalue weighted by Crippen LogP contribution is 2.09. The molecule has 0 amide bonds. The average molecular weight is 474 g/mol. The van der Waals surface area contributed by atoms with Gasteiger partial charge in [-0.3, -0.25) is 9.59 Å². The van der Waals surface area contributed by atoms with Crippen LogP contribution in [0.4, 0.5) is 0 Å². The molecule has 8 atom stereocenters. The van der Waals surface area contributed by atoms with Crippen LogP contribution in [0, 0.1) is 0 Å². The monoisotopic (exact) mass is 474 g/mol. The second kappa shape index (κ2) is 16.2. The molecule has 0 aromatic rings. The molecule has 0 heterocycles. The maximum atomic E-state index is 11.6. The lowest BCUT2D eigenvalue weighted by Crippen LogP contribution is -2.47. The van der Waals surface area contributed by atoms with Crippen LogP contribution in [0.3, 0.4) is 0 Å². The zero-order valence-corrected chi connectivity index (χ0v) is 17.4. The minimum Gasteiger partial charge on any atom is -0.463 e. The van der Waals surface area contributed by atoms with Crippen LogP contribution >= 0.6 is 0 Å². The number of unbranched alkanes of at least 4 members (excludes halogenated alkanes) is 1. The molecule has 0 aromatic carbocycles. The van der Waals surface area contributed by atoms with Crippen molar-refractivity contribution in [1.29, 1.82) is 0 Å². The van der Waals surface area contributed by atoms with Crippen LogP contribution in [-0.4, -0.2) is 138 Å². The fourth-order valence-corrected chi connectivity index (χ4v) is 2.36. The van der Waals surface area contributed by atoms with Gasteiger partial charge in [0.1, 0.15) is 62.0 Å². The largest absolute Gasteiger partial charge is 0.463 e. The van der Waals surface area contributed by atoms with Crippen molar-refractivity contribution in [1.82, 2.24) is 0 Å². The molecular weight excluding hydrogens is 440 g/mol. The normalized spacial score (nSPS) is 19.2. The van der Waals surface area contributed by atoms with Crippen LogP contribution in [-0.2, 0) is 19.1 Å². The number of hydrogen-bond acceptors (Lipinski definition) is 14. The fourth-order valence-electron chi connectivity index (χ4n) is 2.36. The van der Waals surface area contributed by atoms with E-state index in [2.05, 4.69) is 0 Å². The van der Waals surface area contributed by atoms with E-state index >= 15 is 0 Å². The Hall–Kier alpha value is -1.46. The van der Waals surface area contributed by atoms with E-state index in [1.165, 1.54) is 0 Å². The fraction of sp³-hybridized carbons (Fsp3) is 0.889. The number of aliphatic hydroxyl groups excluding tert-OH is 10. The smallest absolute Gasteiger partial charge is 0.305 e. The lowest BCUT2D eigenvalue weighted by molar-refractivity contribution is -0.158.